The minimum absolute atomic E-state index is 0.713. The van der Waals surface area contributed by atoms with Crippen molar-refractivity contribution >= 4 is 33.3 Å². The number of fused-ring (bicyclic) bond motifs is 3. The summed E-state index contributed by atoms with van der Waals surface area (Å²) in [5.74, 6) is 1.65. The topological polar surface area (TPSA) is 62.8 Å². The lowest BCUT2D eigenvalue weighted by atomic mass is 9.90. The normalized spacial score (nSPS) is 15.1. The molecular weight excluding hydrogens is 360 g/mol. The summed E-state index contributed by atoms with van der Waals surface area (Å²) in [6.07, 6.45) is 8.29. The van der Waals surface area contributed by atoms with Crippen molar-refractivity contribution in [3.05, 3.63) is 54.5 Å². The first-order valence-electron chi connectivity index (χ1n) is 10.5. The summed E-state index contributed by atoms with van der Waals surface area (Å²) in [5, 5.41) is 4.62. The van der Waals surface area contributed by atoms with Gasteiger partial charge in [-0.2, -0.15) is 0 Å². The van der Waals surface area contributed by atoms with Crippen molar-refractivity contribution < 1.29 is 4.74 Å². The van der Waals surface area contributed by atoms with Crippen molar-refractivity contribution in [3.63, 3.8) is 0 Å². The second-order valence-electron chi connectivity index (χ2n) is 8.06. The highest BCUT2D eigenvalue weighted by Gasteiger charge is 2.14. The number of hydrogen-bond acceptors (Lipinski definition) is 4. The summed E-state index contributed by atoms with van der Waals surface area (Å²) in [4.78, 5) is 12.2. The van der Waals surface area contributed by atoms with Gasteiger partial charge in [0.05, 0.1) is 17.8 Å². The van der Waals surface area contributed by atoms with Gasteiger partial charge in [-0.3, -0.25) is 0 Å². The molecule has 5 rings (SSSR count). The van der Waals surface area contributed by atoms with Gasteiger partial charge in [0.25, 0.3) is 0 Å². The molecule has 2 aromatic carbocycles. The van der Waals surface area contributed by atoms with E-state index in [1.54, 1.807) is 6.33 Å². The summed E-state index contributed by atoms with van der Waals surface area (Å²) in [6, 6.07) is 14.4. The van der Waals surface area contributed by atoms with Crippen LogP contribution in [-0.2, 0) is 0 Å². The van der Waals surface area contributed by atoms with Crippen molar-refractivity contribution in [3.8, 4) is 5.75 Å². The average Bonchev–Trinajstić information content (AvgIpc) is 3.22. The second kappa shape index (κ2) is 7.74. The zero-order chi connectivity index (χ0) is 19.6. The fourth-order valence-corrected chi connectivity index (χ4v) is 4.33. The van der Waals surface area contributed by atoms with Crippen LogP contribution in [-0.4, -0.2) is 21.6 Å². The van der Waals surface area contributed by atoms with Crippen LogP contribution < -0.4 is 10.1 Å². The molecule has 2 aromatic heterocycles. The number of imidazole rings is 1. The van der Waals surface area contributed by atoms with Crippen LogP contribution in [0.3, 0.4) is 0 Å². The Morgan fingerprint density at radius 3 is 2.69 bits per heavy atom. The van der Waals surface area contributed by atoms with Gasteiger partial charge in [-0.05, 0) is 68.1 Å². The number of H-pyrrole nitrogens is 1. The Morgan fingerprint density at radius 1 is 1.03 bits per heavy atom. The number of aryl methyl sites for hydroxylation is 1. The summed E-state index contributed by atoms with van der Waals surface area (Å²) in [7, 11) is 0. The molecule has 0 saturated heterocycles. The van der Waals surface area contributed by atoms with Crippen molar-refractivity contribution in [2.24, 2.45) is 5.92 Å². The number of nitrogens with zero attached hydrogens (tertiary/aromatic N) is 2. The van der Waals surface area contributed by atoms with Gasteiger partial charge in [0.1, 0.15) is 17.6 Å². The lowest BCUT2D eigenvalue weighted by molar-refractivity contribution is 0.209. The Morgan fingerprint density at radius 2 is 1.86 bits per heavy atom. The Labute approximate surface area is 170 Å². The molecule has 148 valence electrons. The van der Waals surface area contributed by atoms with Gasteiger partial charge in [0.15, 0.2) is 0 Å². The predicted molar refractivity (Wildman–Crippen MR) is 118 cm³/mol. The molecule has 5 nitrogen and oxygen atoms in total. The standard InChI is InChI=1S/C24H26N4O/c1-16-13-22(23-20(27-16)11-12-21-24(23)26-15-25-21)28-18-7-9-19(10-8-18)29-14-17-5-3-2-4-6-17/h7-13,15,17,27-28H,2-6,14H2,1H3. The third kappa shape index (κ3) is 3.77. The summed E-state index contributed by atoms with van der Waals surface area (Å²) < 4.78 is 6.04. The number of hydrogen-bond donors (Lipinski definition) is 2. The van der Waals surface area contributed by atoms with Crippen molar-refractivity contribution in [1.82, 2.24) is 15.0 Å². The van der Waals surface area contributed by atoms with Gasteiger partial charge in [-0.15, -0.1) is 0 Å². The van der Waals surface area contributed by atoms with Gasteiger partial charge in [0.2, 0.25) is 0 Å². The molecular formula is C24H26N4O. The molecule has 0 atom stereocenters. The summed E-state index contributed by atoms with van der Waals surface area (Å²) >= 11 is 0. The largest absolute Gasteiger partial charge is 0.493 e. The predicted octanol–water partition coefficient (Wildman–Crippen LogP) is 6.12. The first-order valence-corrected chi connectivity index (χ1v) is 10.5. The number of aromatic nitrogens is 3. The Balaban J connectivity index is 1.37. The van der Waals surface area contributed by atoms with Gasteiger partial charge in [0, 0.05) is 22.3 Å². The molecule has 0 spiro atoms. The van der Waals surface area contributed by atoms with Gasteiger partial charge >= 0.3 is 0 Å². The molecule has 1 saturated carbocycles. The zero-order valence-electron chi connectivity index (χ0n) is 16.7. The maximum Gasteiger partial charge on any atom is 0.119 e. The molecule has 0 unspecified atom stereocenters. The number of nitrogens with one attached hydrogen (secondary N) is 2. The van der Waals surface area contributed by atoms with Crippen LogP contribution in [0.5, 0.6) is 5.75 Å². The second-order valence-corrected chi connectivity index (χ2v) is 8.06. The van der Waals surface area contributed by atoms with Crippen molar-refractivity contribution in [2.75, 3.05) is 11.9 Å². The highest BCUT2D eigenvalue weighted by Crippen LogP contribution is 2.32. The minimum Gasteiger partial charge on any atom is -0.493 e. The molecule has 2 heterocycles. The van der Waals surface area contributed by atoms with E-state index < -0.39 is 0 Å². The highest BCUT2D eigenvalue weighted by atomic mass is 16.5. The number of benzene rings is 2. The van der Waals surface area contributed by atoms with Crippen molar-refractivity contribution in [2.45, 2.75) is 39.0 Å². The number of rotatable bonds is 5. The number of ether oxygens (including phenoxy) is 1. The van der Waals surface area contributed by atoms with Crippen LogP contribution >= 0.6 is 0 Å². The van der Waals surface area contributed by atoms with Gasteiger partial charge in [-0.25, -0.2) is 9.97 Å². The lowest BCUT2D eigenvalue weighted by Crippen LogP contribution is -2.15. The summed E-state index contributed by atoms with van der Waals surface area (Å²) in [6.45, 7) is 2.90. The zero-order valence-corrected chi connectivity index (χ0v) is 16.7. The van der Waals surface area contributed by atoms with Crippen LogP contribution in [0.2, 0.25) is 0 Å². The van der Waals surface area contributed by atoms with Crippen LogP contribution in [0.4, 0.5) is 11.4 Å². The Bertz CT molecular complexity index is 1130. The molecule has 2 N–H and O–H groups in total. The van der Waals surface area contributed by atoms with Gasteiger partial charge in [-0.1, -0.05) is 19.3 Å². The number of pyridine rings is 1. The van der Waals surface area contributed by atoms with E-state index in [1.807, 2.05) is 18.2 Å². The van der Waals surface area contributed by atoms with E-state index in [0.717, 1.165) is 51.4 Å². The van der Waals surface area contributed by atoms with E-state index in [0.29, 0.717) is 5.92 Å². The maximum absolute atomic E-state index is 6.04. The van der Waals surface area contributed by atoms with E-state index in [-0.39, 0.29) is 0 Å². The van der Waals surface area contributed by atoms with E-state index in [4.69, 9.17) is 4.74 Å². The van der Waals surface area contributed by atoms with E-state index in [1.165, 1.54) is 32.1 Å². The minimum atomic E-state index is 0.713. The average molecular weight is 386 g/mol. The molecule has 5 heteroatoms. The third-order valence-corrected chi connectivity index (χ3v) is 5.85. The Hall–Kier alpha value is -3.08. The highest BCUT2D eigenvalue weighted by molar-refractivity contribution is 6.10. The van der Waals surface area contributed by atoms with E-state index in [2.05, 4.69) is 51.5 Å². The molecule has 1 aliphatic carbocycles. The third-order valence-electron chi connectivity index (χ3n) is 5.85. The molecule has 4 aromatic rings. The van der Waals surface area contributed by atoms with Crippen LogP contribution in [0.15, 0.2) is 48.8 Å². The van der Waals surface area contributed by atoms with Crippen LogP contribution in [0.25, 0.3) is 21.9 Å². The first-order chi connectivity index (χ1) is 14.3. The molecule has 0 bridgehead atoms. The quantitative estimate of drug-likeness (QED) is 0.433. The maximum atomic E-state index is 6.04. The SMILES string of the molecule is Cc1cc(Nc2ccc(OCC3CCCCC3)cc2)c2c(ccc3ncnc32)[nH]1. The van der Waals surface area contributed by atoms with E-state index in [9.17, 15) is 0 Å². The van der Waals surface area contributed by atoms with Crippen molar-refractivity contribution in [1.29, 1.82) is 0 Å². The van der Waals surface area contributed by atoms with Crippen LogP contribution in [0, 0.1) is 12.8 Å². The van der Waals surface area contributed by atoms with Crippen LogP contribution in [0.1, 0.15) is 37.8 Å². The molecule has 1 fully saturated rings. The lowest BCUT2D eigenvalue weighted by Gasteiger charge is -2.21. The van der Waals surface area contributed by atoms with Gasteiger partial charge < -0.3 is 15.0 Å². The summed E-state index contributed by atoms with van der Waals surface area (Å²) in [5.41, 5.74) is 6.01. The van der Waals surface area contributed by atoms with E-state index >= 15 is 0 Å². The fourth-order valence-electron chi connectivity index (χ4n) is 4.33. The smallest absolute Gasteiger partial charge is 0.119 e. The molecule has 29 heavy (non-hydrogen) atoms. The number of aromatic amines is 1. The number of anilines is 2. The molecule has 0 aliphatic heterocycles. The molecule has 0 radical (unpaired) electrons. The molecule has 0 amide bonds. The Kier molecular flexibility index (Phi) is 4.80. The first kappa shape index (κ1) is 18.0. The molecule has 1 aliphatic rings. The monoisotopic (exact) mass is 386 g/mol. The fraction of sp³-hybridized carbons (Fsp3) is 0.333.